The Morgan fingerprint density at radius 2 is 2.00 bits per heavy atom. The first-order chi connectivity index (χ1) is 12.2. The predicted molar refractivity (Wildman–Crippen MR) is 101 cm³/mol. The standard InChI is InChI=1S/C20H37N3O2/c1-17(18-6-5-9-21-15-18)14-19(24)22-16-20(7-3-2-4-8-20)23-10-12-25-13-11-23/h17-18,21H,2-16H2,1H3,(H,22,24). The number of nitrogens with zero attached hydrogens (tertiary/aromatic N) is 1. The van der Waals surface area contributed by atoms with Gasteiger partial charge in [-0.05, 0) is 50.6 Å². The van der Waals surface area contributed by atoms with Gasteiger partial charge in [0.1, 0.15) is 0 Å². The van der Waals surface area contributed by atoms with Crippen LogP contribution in [-0.4, -0.2) is 62.3 Å². The van der Waals surface area contributed by atoms with E-state index in [4.69, 9.17) is 4.74 Å². The monoisotopic (exact) mass is 351 g/mol. The Morgan fingerprint density at radius 3 is 2.68 bits per heavy atom. The highest BCUT2D eigenvalue weighted by atomic mass is 16.5. The number of carbonyl (C=O) groups is 1. The highest BCUT2D eigenvalue weighted by Crippen LogP contribution is 2.34. The summed E-state index contributed by atoms with van der Waals surface area (Å²) in [5.41, 5.74) is 0.174. The lowest BCUT2D eigenvalue weighted by Gasteiger charge is -2.48. The molecule has 0 radical (unpaired) electrons. The molecule has 1 amide bonds. The van der Waals surface area contributed by atoms with Crippen LogP contribution in [0.5, 0.6) is 0 Å². The summed E-state index contributed by atoms with van der Waals surface area (Å²) in [5, 5.41) is 6.79. The molecule has 3 aliphatic rings. The molecule has 0 aromatic rings. The van der Waals surface area contributed by atoms with Gasteiger partial charge in [-0.2, -0.15) is 0 Å². The van der Waals surface area contributed by atoms with Crippen LogP contribution in [-0.2, 0) is 9.53 Å². The first-order valence-corrected chi connectivity index (χ1v) is 10.5. The Kier molecular flexibility index (Phi) is 7.14. The van der Waals surface area contributed by atoms with Crippen LogP contribution in [0.4, 0.5) is 0 Å². The molecule has 2 unspecified atom stereocenters. The molecule has 1 saturated carbocycles. The molecule has 5 heteroatoms. The van der Waals surface area contributed by atoms with Gasteiger partial charge in [-0.1, -0.05) is 26.2 Å². The first-order valence-electron chi connectivity index (χ1n) is 10.5. The number of amides is 1. The largest absolute Gasteiger partial charge is 0.379 e. The third kappa shape index (κ3) is 5.18. The van der Waals surface area contributed by atoms with Crippen LogP contribution < -0.4 is 10.6 Å². The SMILES string of the molecule is CC(CC(=O)NCC1(N2CCOCC2)CCCCC1)C1CCCNC1. The zero-order valence-electron chi connectivity index (χ0n) is 16.0. The summed E-state index contributed by atoms with van der Waals surface area (Å²) < 4.78 is 5.55. The van der Waals surface area contributed by atoms with Gasteiger partial charge in [-0.25, -0.2) is 0 Å². The number of nitrogens with one attached hydrogen (secondary N) is 2. The van der Waals surface area contributed by atoms with Crippen molar-refractivity contribution in [1.82, 2.24) is 15.5 Å². The fraction of sp³-hybridized carbons (Fsp3) is 0.950. The average Bonchev–Trinajstić information content (AvgIpc) is 2.68. The van der Waals surface area contributed by atoms with E-state index >= 15 is 0 Å². The van der Waals surface area contributed by atoms with Gasteiger partial charge in [-0.3, -0.25) is 9.69 Å². The third-order valence-corrected chi connectivity index (χ3v) is 6.73. The average molecular weight is 352 g/mol. The zero-order chi connectivity index (χ0) is 17.5. The smallest absolute Gasteiger partial charge is 0.220 e. The molecule has 1 aliphatic carbocycles. The Bertz CT molecular complexity index is 411. The van der Waals surface area contributed by atoms with Gasteiger partial charge in [0.15, 0.2) is 0 Å². The van der Waals surface area contributed by atoms with Crippen molar-refractivity contribution in [3.05, 3.63) is 0 Å². The van der Waals surface area contributed by atoms with Gasteiger partial charge in [0.05, 0.1) is 13.2 Å². The molecule has 0 aromatic carbocycles. The summed E-state index contributed by atoms with van der Waals surface area (Å²) in [4.78, 5) is 15.2. The summed E-state index contributed by atoms with van der Waals surface area (Å²) >= 11 is 0. The topological polar surface area (TPSA) is 53.6 Å². The van der Waals surface area contributed by atoms with Crippen LogP contribution in [0.15, 0.2) is 0 Å². The van der Waals surface area contributed by atoms with Crippen molar-refractivity contribution in [3.63, 3.8) is 0 Å². The van der Waals surface area contributed by atoms with E-state index in [2.05, 4.69) is 22.5 Å². The number of ether oxygens (including phenoxy) is 1. The van der Waals surface area contributed by atoms with E-state index in [0.717, 1.165) is 45.9 Å². The molecule has 5 nitrogen and oxygen atoms in total. The van der Waals surface area contributed by atoms with Crippen molar-refractivity contribution in [3.8, 4) is 0 Å². The van der Waals surface area contributed by atoms with Crippen molar-refractivity contribution in [1.29, 1.82) is 0 Å². The molecular weight excluding hydrogens is 314 g/mol. The van der Waals surface area contributed by atoms with Crippen LogP contribution in [0.3, 0.4) is 0 Å². The highest BCUT2D eigenvalue weighted by molar-refractivity contribution is 5.76. The lowest BCUT2D eigenvalue weighted by Crippen LogP contribution is -2.59. The molecule has 3 fully saturated rings. The fourth-order valence-electron chi connectivity index (χ4n) is 5.01. The number of piperidine rings is 1. The number of morpholine rings is 1. The van der Waals surface area contributed by atoms with Crippen molar-refractivity contribution in [2.75, 3.05) is 45.9 Å². The number of hydrogen-bond acceptors (Lipinski definition) is 4. The minimum Gasteiger partial charge on any atom is -0.379 e. The molecule has 2 atom stereocenters. The molecular formula is C20H37N3O2. The zero-order valence-corrected chi connectivity index (χ0v) is 16.0. The molecule has 2 heterocycles. The van der Waals surface area contributed by atoms with Crippen molar-refractivity contribution < 1.29 is 9.53 Å². The van der Waals surface area contributed by atoms with E-state index in [9.17, 15) is 4.79 Å². The molecule has 2 aliphatic heterocycles. The van der Waals surface area contributed by atoms with Crippen molar-refractivity contribution >= 4 is 5.91 Å². The predicted octanol–water partition coefficient (Wildman–Crippen LogP) is 2.16. The van der Waals surface area contributed by atoms with Crippen LogP contribution >= 0.6 is 0 Å². The van der Waals surface area contributed by atoms with Crippen LogP contribution in [0.2, 0.25) is 0 Å². The second-order valence-corrected chi connectivity index (χ2v) is 8.45. The van der Waals surface area contributed by atoms with Gasteiger partial charge in [0.2, 0.25) is 5.91 Å². The summed E-state index contributed by atoms with van der Waals surface area (Å²) in [7, 11) is 0. The quantitative estimate of drug-likeness (QED) is 0.770. The number of rotatable bonds is 6. The Balaban J connectivity index is 1.50. The Labute approximate surface area is 153 Å². The van der Waals surface area contributed by atoms with E-state index in [1.54, 1.807) is 0 Å². The van der Waals surface area contributed by atoms with E-state index in [1.165, 1.54) is 44.9 Å². The highest BCUT2D eigenvalue weighted by Gasteiger charge is 2.38. The molecule has 3 rings (SSSR count). The van der Waals surface area contributed by atoms with Gasteiger partial charge < -0.3 is 15.4 Å². The summed E-state index contributed by atoms with van der Waals surface area (Å²) in [6.45, 7) is 8.98. The Hall–Kier alpha value is -0.650. The van der Waals surface area contributed by atoms with E-state index in [-0.39, 0.29) is 11.4 Å². The van der Waals surface area contributed by atoms with Gasteiger partial charge in [0, 0.05) is 31.6 Å². The van der Waals surface area contributed by atoms with Gasteiger partial charge in [-0.15, -0.1) is 0 Å². The summed E-state index contributed by atoms with van der Waals surface area (Å²) in [5.74, 6) is 1.37. The lowest BCUT2D eigenvalue weighted by molar-refractivity contribution is -0.123. The van der Waals surface area contributed by atoms with Gasteiger partial charge >= 0.3 is 0 Å². The van der Waals surface area contributed by atoms with E-state index in [1.807, 2.05) is 0 Å². The summed E-state index contributed by atoms with van der Waals surface area (Å²) in [6, 6.07) is 0. The molecule has 2 N–H and O–H groups in total. The second kappa shape index (κ2) is 9.33. The maximum absolute atomic E-state index is 12.6. The molecule has 0 bridgehead atoms. The van der Waals surface area contributed by atoms with E-state index < -0.39 is 0 Å². The maximum Gasteiger partial charge on any atom is 0.220 e. The molecule has 0 aromatic heterocycles. The molecule has 2 saturated heterocycles. The first kappa shape index (κ1) is 19.1. The number of carbonyl (C=O) groups excluding carboxylic acids is 1. The van der Waals surface area contributed by atoms with Crippen molar-refractivity contribution in [2.45, 2.75) is 63.8 Å². The second-order valence-electron chi connectivity index (χ2n) is 8.45. The fourth-order valence-corrected chi connectivity index (χ4v) is 5.01. The summed E-state index contributed by atoms with van der Waals surface area (Å²) in [6.07, 6.45) is 9.53. The van der Waals surface area contributed by atoms with E-state index in [0.29, 0.717) is 18.3 Å². The van der Waals surface area contributed by atoms with Crippen LogP contribution in [0.1, 0.15) is 58.3 Å². The minimum atomic E-state index is 0.174. The lowest BCUT2D eigenvalue weighted by atomic mass is 9.79. The third-order valence-electron chi connectivity index (χ3n) is 6.73. The molecule has 0 spiro atoms. The molecule has 25 heavy (non-hydrogen) atoms. The minimum absolute atomic E-state index is 0.174. The Morgan fingerprint density at radius 1 is 1.24 bits per heavy atom. The van der Waals surface area contributed by atoms with Crippen LogP contribution in [0, 0.1) is 11.8 Å². The maximum atomic E-state index is 12.6. The van der Waals surface area contributed by atoms with Crippen molar-refractivity contribution in [2.24, 2.45) is 11.8 Å². The number of hydrogen-bond donors (Lipinski definition) is 2. The normalized spacial score (nSPS) is 29.1. The van der Waals surface area contributed by atoms with Gasteiger partial charge in [0.25, 0.3) is 0 Å². The molecule has 144 valence electrons. The van der Waals surface area contributed by atoms with Crippen LogP contribution in [0.25, 0.3) is 0 Å².